The van der Waals surface area contributed by atoms with Crippen LogP contribution >= 0.6 is 0 Å². The van der Waals surface area contributed by atoms with Crippen LogP contribution in [-0.4, -0.2) is 33.4 Å². The first kappa shape index (κ1) is 12.5. The summed E-state index contributed by atoms with van der Waals surface area (Å²) in [6.07, 6.45) is 0. The second-order valence-electron chi connectivity index (χ2n) is 3.37. The molecule has 4 nitrogen and oxygen atoms in total. The zero-order valence-corrected chi connectivity index (χ0v) is 9.78. The molecule has 0 aliphatic heterocycles. The molecule has 4 heteroatoms. The molecule has 0 aliphatic rings. The van der Waals surface area contributed by atoms with Gasteiger partial charge in [0.15, 0.2) is 0 Å². The van der Waals surface area contributed by atoms with Crippen LogP contribution in [0.5, 0.6) is 5.75 Å². The number of esters is 1. The maximum atomic E-state index is 11.3. The van der Waals surface area contributed by atoms with E-state index in [0.717, 1.165) is 5.56 Å². The molecule has 0 radical (unpaired) electrons. The van der Waals surface area contributed by atoms with Gasteiger partial charge in [0, 0.05) is 7.11 Å². The van der Waals surface area contributed by atoms with Crippen LogP contribution in [0.1, 0.15) is 15.9 Å². The third-order valence-corrected chi connectivity index (χ3v) is 2.03. The van der Waals surface area contributed by atoms with Crippen molar-refractivity contribution in [3.8, 4) is 5.75 Å². The van der Waals surface area contributed by atoms with Crippen LogP contribution in [0.15, 0.2) is 18.2 Å². The maximum absolute atomic E-state index is 11.3. The average molecular weight is 224 g/mol. The number of hydrogen-bond acceptors (Lipinski definition) is 4. The topological polar surface area (TPSA) is 44.8 Å². The van der Waals surface area contributed by atoms with E-state index in [0.29, 0.717) is 24.5 Å². The molecule has 0 heterocycles. The summed E-state index contributed by atoms with van der Waals surface area (Å²) in [5, 5.41) is 0. The molecule has 0 amide bonds. The molecule has 0 unspecified atom stereocenters. The Morgan fingerprint density at radius 2 is 1.94 bits per heavy atom. The molecular weight excluding hydrogens is 208 g/mol. The van der Waals surface area contributed by atoms with Crippen LogP contribution < -0.4 is 4.74 Å². The van der Waals surface area contributed by atoms with Gasteiger partial charge < -0.3 is 14.2 Å². The first-order valence-corrected chi connectivity index (χ1v) is 4.99. The van der Waals surface area contributed by atoms with Gasteiger partial charge in [-0.1, -0.05) is 0 Å². The van der Waals surface area contributed by atoms with Crippen LogP contribution in [0.3, 0.4) is 0 Å². The van der Waals surface area contributed by atoms with E-state index < -0.39 is 0 Å². The number of ether oxygens (including phenoxy) is 3. The van der Waals surface area contributed by atoms with Gasteiger partial charge in [0.25, 0.3) is 0 Å². The molecule has 1 aromatic carbocycles. The molecule has 88 valence electrons. The van der Waals surface area contributed by atoms with Crippen molar-refractivity contribution < 1.29 is 19.0 Å². The Morgan fingerprint density at radius 1 is 1.19 bits per heavy atom. The van der Waals surface area contributed by atoms with Crippen molar-refractivity contribution in [2.45, 2.75) is 6.92 Å². The summed E-state index contributed by atoms with van der Waals surface area (Å²) in [7, 11) is 2.97. The van der Waals surface area contributed by atoms with E-state index in [-0.39, 0.29) is 5.97 Å². The number of rotatable bonds is 5. The van der Waals surface area contributed by atoms with Crippen LogP contribution in [0, 0.1) is 6.92 Å². The average Bonchev–Trinajstić information content (AvgIpc) is 2.27. The first-order chi connectivity index (χ1) is 7.67. The Hall–Kier alpha value is -1.55. The molecule has 1 rings (SSSR count). The van der Waals surface area contributed by atoms with E-state index in [2.05, 4.69) is 4.74 Å². The van der Waals surface area contributed by atoms with E-state index in [4.69, 9.17) is 9.47 Å². The number of methoxy groups -OCH3 is 2. The van der Waals surface area contributed by atoms with Crippen molar-refractivity contribution in [1.82, 2.24) is 0 Å². The van der Waals surface area contributed by atoms with Gasteiger partial charge in [-0.2, -0.15) is 0 Å². The third-order valence-electron chi connectivity index (χ3n) is 2.03. The van der Waals surface area contributed by atoms with Crippen molar-refractivity contribution in [3.63, 3.8) is 0 Å². The van der Waals surface area contributed by atoms with Gasteiger partial charge in [0.2, 0.25) is 0 Å². The lowest BCUT2D eigenvalue weighted by atomic mass is 10.1. The zero-order valence-electron chi connectivity index (χ0n) is 9.78. The summed E-state index contributed by atoms with van der Waals surface area (Å²) in [6, 6.07) is 5.28. The van der Waals surface area contributed by atoms with E-state index in [1.54, 1.807) is 19.2 Å². The third kappa shape index (κ3) is 3.55. The Bertz CT molecular complexity index is 360. The minimum absolute atomic E-state index is 0.361. The van der Waals surface area contributed by atoms with Gasteiger partial charge in [-0.05, 0) is 30.7 Å². The van der Waals surface area contributed by atoms with Crippen molar-refractivity contribution in [3.05, 3.63) is 29.3 Å². The first-order valence-electron chi connectivity index (χ1n) is 4.99. The molecular formula is C12H16O4. The van der Waals surface area contributed by atoms with Gasteiger partial charge in [-0.15, -0.1) is 0 Å². The number of hydrogen-bond donors (Lipinski definition) is 0. The summed E-state index contributed by atoms with van der Waals surface area (Å²) in [6.45, 7) is 2.87. The van der Waals surface area contributed by atoms with Crippen LogP contribution in [0.2, 0.25) is 0 Å². The molecule has 0 fully saturated rings. The second-order valence-corrected chi connectivity index (χ2v) is 3.37. The summed E-state index contributed by atoms with van der Waals surface area (Å²) in [5.74, 6) is 0.290. The van der Waals surface area contributed by atoms with E-state index in [1.807, 2.05) is 13.0 Å². The highest BCUT2D eigenvalue weighted by molar-refractivity contribution is 5.90. The molecule has 0 saturated carbocycles. The van der Waals surface area contributed by atoms with E-state index >= 15 is 0 Å². The molecule has 0 aliphatic carbocycles. The van der Waals surface area contributed by atoms with Gasteiger partial charge >= 0.3 is 5.97 Å². The van der Waals surface area contributed by atoms with Crippen molar-refractivity contribution >= 4 is 5.97 Å². The van der Waals surface area contributed by atoms with Crippen molar-refractivity contribution in [2.24, 2.45) is 0 Å². The minimum Gasteiger partial charge on any atom is -0.491 e. The molecule has 0 bridgehead atoms. The van der Waals surface area contributed by atoms with Crippen LogP contribution in [0.4, 0.5) is 0 Å². The van der Waals surface area contributed by atoms with Crippen LogP contribution in [0.25, 0.3) is 0 Å². The molecule has 16 heavy (non-hydrogen) atoms. The fourth-order valence-electron chi connectivity index (χ4n) is 1.31. The molecule has 0 spiro atoms. The normalized spacial score (nSPS) is 9.94. The quantitative estimate of drug-likeness (QED) is 0.565. The standard InChI is InChI=1S/C12H16O4/c1-9-6-10(12(13)15-3)8-11(7-9)16-5-4-14-2/h6-8H,4-5H2,1-3H3. The van der Waals surface area contributed by atoms with E-state index in [9.17, 15) is 4.79 Å². The highest BCUT2D eigenvalue weighted by Gasteiger charge is 2.07. The lowest BCUT2D eigenvalue weighted by Crippen LogP contribution is -2.06. The Kier molecular flexibility index (Phi) is 4.79. The second kappa shape index (κ2) is 6.12. The smallest absolute Gasteiger partial charge is 0.337 e. The predicted octanol–water partition coefficient (Wildman–Crippen LogP) is 1.81. The monoisotopic (exact) mass is 224 g/mol. The SMILES string of the molecule is COCCOc1cc(C)cc(C(=O)OC)c1. The molecule has 1 aromatic rings. The summed E-state index contributed by atoms with van der Waals surface area (Å²) >= 11 is 0. The van der Waals surface area contributed by atoms with Gasteiger partial charge in [-0.3, -0.25) is 0 Å². The Morgan fingerprint density at radius 3 is 2.56 bits per heavy atom. The molecule has 0 N–H and O–H groups in total. The summed E-state index contributed by atoms with van der Waals surface area (Å²) in [4.78, 5) is 11.3. The molecule has 0 saturated heterocycles. The predicted molar refractivity (Wildman–Crippen MR) is 59.9 cm³/mol. The van der Waals surface area contributed by atoms with E-state index in [1.165, 1.54) is 7.11 Å². The number of aryl methyl sites for hydroxylation is 1. The summed E-state index contributed by atoms with van der Waals surface area (Å²) < 4.78 is 15.0. The van der Waals surface area contributed by atoms with Gasteiger partial charge in [0.1, 0.15) is 12.4 Å². The zero-order chi connectivity index (χ0) is 12.0. The number of benzene rings is 1. The lowest BCUT2D eigenvalue weighted by Gasteiger charge is -2.08. The lowest BCUT2D eigenvalue weighted by molar-refractivity contribution is 0.0600. The fraction of sp³-hybridized carbons (Fsp3) is 0.417. The maximum Gasteiger partial charge on any atom is 0.337 e. The minimum atomic E-state index is -0.361. The molecule has 0 atom stereocenters. The number of carbonyl (C=O) groups is 1. The van der Waals surface area contributed by atoms with Crippen molar-refractivity contribution in [1.29, 1.82) is 0 Å². The Labute approximate surface area is 95.1 Å². The van der Waals surface area contributed by atoms with Gasteiger partial charge in [0.05, 0.1) is 19.3 Å². The van der Waals surface area contributed by atoms with Gasteiger partial charge in [-0.25, -0.2) is 4.79 Å². The van der Waals surface area contributed by atoms with Crippen molar-refractivity contribution in [2.75, 3.05) is 27.4 Å². The largest absolute Gasteiger partial charge is 0.491 e. The highest BCUT2D eigenvalue weighted by Crippen LogP contribution is 2.17. The van der Waals surface area contributed by atoms with Crippen LogP contribution in [-0.2, 0) is 9.47 Å². The highest BCUT2D eigenvalue weighted by atomic mass is 16.5. The molecule has 0 aromatic heterocycles. The number of carbonyl (C=O) groups excluding carboxylic acids is 1. The Balaban J connectivity index is 2.77. The fourth-order valence-corrected chi connectivity index (χ4v) is 1.31. The summed E-state index contributed by atoms with van der Waals surface area (Å²) in [5.41, 5.74) is 1.45.